The zero-order valence-corrected chi connectivity index (χ0v) is 22.3. The summed E-state index contributed by atoms with van der Waals surface area (Å²) < 4.78 is 98.0. The van der Waals surface area contributed by atoms with Gasteiger partial charge in [-0.15, -0.1) is 0 Å². The summed E-state index contributed by atoms with van der Waals surface area (Å²) in [5.41, 5.74) is -2.13. The van der Waals surface area contributed by atoms with E-state index in [0.717, 1.165) is 5.56 Å². The van der Waals surface area contributed by atoms with Crippen LogP contribution in [0.1, 0.15) is 67.4 Å². The van der Waals surface area contributed by atoms with Crippen LogP contribution in [0.2, 0.25) is 0 Å². The van der Waals surface area contributed by atoms with Crippen molar-refractivity contribution in [3.8, 4) is 0 Å². The van der Waals surface area contributed by atoms with Crippen LogP contribution < -0.4 is 0 Å². The number of carbonyl (C=O) groups excluding carboxylic acids is 1. The topological polar surface area (TPSA) is 48.0 Å². The minimum Gasteiger partial charge on any atom is -0.466 e. The number of ether oxygens (including phenoxy) is 3. The Hall–Kier alpha value is -2.63. The van der Waals surface area contributed by atoms with Crippen LogP contribution >= 0.6 is 0 Å². The van der Waals surface area contributed by atoms with Crippen molar-refractivity contribution in [2.24, 2.45) is 5.92 Å². The third kappa shape index (κ3) is 7.16. The first-order chi connectivity index (χ1) is 18.9. The first kappa shape index (κ1) is 30.3. The van der Waals surface area contributed by atoms with Gasteiger partial charge in [0.05, 0.1) is 42.3 Å². The molecule has 0 spiro atoms. The molecule has 2 aliphatic heterocycles. The highest BCUT2D eigenvalue weighted by molar-refractivity contribution is 5.72. The minimum atomic E-state index is -4.95. The van der Waals surface area contributed by atoms with Gasteiger partial charge in [0, 0.05) is 6.04 Å². The number of benzene rings is 2. The lowest BCUT2D eigenvalue weighted by molar-refractivity contribution is -0.212. The molecule has 0 aliphatic carbocycles. The molecule has 0 unspecified atom stereocenters. The van der Waals surface area contributed by atoms with Crippen molar-refractivity contribution in [3.05, 3.63) is 70.8 Å². The molecule has 4 rings (SSSR count). The Morgan fingerprint density at radius 2 is 1.57 bits per heavy atom. The molecule has 220 valence electrons. The molecule has 40 heavy (non-hydrogen) atoms. The fourth-order valence-corrected chi connectivity index (χ4v) is 5.58. The van der Waals surface area contributed by atoms with E-state index in [1.165, 1.54) is 6.92 Å². The van der Waals surface area contributed by atoms with Crippen LogP contribution in [-0.2, 0) is 31.4 Å². The molecule has 0 N–H and O–H groups in total. The van der Waals surface area contributed by atoms with Crippen molar-refractivity contribution >= 4 is 5.97 Å². The summed E-state index contributed by atoms with van der Waals surface area (Å²) in [6.45, 7) is 5.10. The number of carbonyl (C=O) groups is 1. The fraction of sp³-hybridized carbons (Fsp3) is 0.552. The maximum atomic E-state index is 13.5. The summed E-state index contributed by atoms with van der Waals surface area (Å²) in [4.78, 5) is 14.5. The van der Waals surface area contributed by atoms with Gasteiger partial charge in [-0.3, -0.25) is 9.69 Å². The predicted molar refractivity (Wildman–Crippen MR) is 134 cm³/mol. The monoisotopic (exact) mass is 573 g/mol. The Bertz CT molecular complexity index is 1100. The number of rotatable bonds is 7. The average Bonchev–Trinajstić information content (AvgIpc) is 2.92. The van der Waals surface area contributed by atoms with Crippen LogP contribution in [0.4, 0.5) is 26.3 Å². The van der Waals surface area contributed by atoms with Crippen molar-refractivity contribution in [1.82, 2.24) is 4.90 Å². The van der Waals surface area contributed by atoms with Crippen LogP contribution in [0, 0.1) is 5.92 Å². The van der Waals surface area contributed by atoms with Gasteiger partial charge in [0.2, 0.25) is 0 Å². The van der Waals surface area contributed by atoms with E-state index >= 15 is 0 Å². The summed E-state index contributed by atoms with van der Waals surface area (Å²) >= 11 is 0. The van der Waals surface area contributed by atoms with Crippen molar-refractivity contribution < 1.29 is 45.3 Å². The van der Waals surface area contributed by atoms with Crippen LogP contribution in [0.5, 0.6) is 0 Å². The highest BCUT2D eigenvalue weighted by atomic mass is 19.4. The van der Waals surface area contributed by atoms with Gasteiger partial charge >= 0.3 is 18.3 Å². The lowest BCUT2D eigenvalue weighted by atomic mass is 9.84. The van der Waals surface area contributed by atoms with E-state index in [1.54, 1.807) is 6.92 Å². The third-order valence-electron chi connectivity index (χ3n) is 7.62. The first-order valence-electron chi connectivity index (χ1n) is 13.4. The number of nitrogens with zero attached hydrogens (tertiary/aromatic N) is 1. The molecular formula is C29H33F6NO4. The molecule has 0 bridgehead atoms. The summed E-state index contributed by atoms with van der Waals surface area (Å²) in [5.74, 6) is -0.741. The predicted octanol–water partition coefficient (Wildman–Crippen LogP) is 6.98. The molecular weight excluding hydrogens is 540 g/mol. The summed E-state index contributed by atoms with van der Waals surface area (Å²) in [6, 6.07) is 10.8. The number of esters is 1. The van der Waals surface area contributed by atoms with E-state index in [9.17, 15) is 31.1 Å². The van der Waals surface area contributed by atoms with Gasteiger partial charge < -0.3 is 14.2 Å². The van der Waals surface area contributed by atoms with Crippen LogP contribution in [0.3, 0.4) is 0 Å². The Morgan fingerprint density at radius 3 is 2.12 bits per heavy atom. The molecule has 2 aromatic rings. The number of alkyl halides is 6. The second kappa shape index (κ2) is 12.5. The lowest BCUT2D eigenvalue weighted by Gasteiger charge is -2.46. The van der Waals surface area contributed by atoms with Crippen molar-refractivity contribution in [3.63, 3.8) is 0 Å². The highest BCUT2D eigenvalue weighted by Gasteiger charge is 2.42. The zero-order chi connectivity index (χ0) is 29.1. The average molecular weight is 574 g/mol. The molecule has 4 atom stereocenters. The van der Waals surface area contributed by atoms with E-state index in [1.807, 2.05) is 30.3 Å². The van der Waals surface area contributed by atoms with Crippen LogP contribution in [0.15, 0.2) is 48.5 Å². The molecule has 0 saturated carbocycles. The summed E-state index contributed by atoms with van der Waals surface area (Å²) in [5, 5.41) is 0. The van der Waals surface area contributed by atoms with Crippen molar-refractivity contribution in [2.45, 2.75) is 69.8 Å². The molecule has 5 nitrogen and oxygen atoms in total. The third-order valence-corrected chi connectivity index (χ3v) is 7.62. The van der Waals surface area contributed by atoms with Gasteiger partial charge in [0.1, 0.15) is 0 Å². The van der Waals surface area contributed by atoms with Crippen molar-refractivity contribution in [1.29, 1.82) is 0 Å². The lowest BCUT2D eigenvalue weighted by Crippen LogP contribution is -2.52. The Kier molecular flexibility index (Phi) is 9.47. The smallest absolute Gasteiger partial charge is 0.416 e. The molecule has 2 heterocycles. The van der Waals surface area contributed by atoms with E-state index in [4.69, 9.17) is 14.2 Å². The highest BCUT2D eigenvalue weighted by Crippen LogP contribution is 2.41. The maximum absolute atomic E-state index is 13.5. The Balaban J connectivity index is 1.59. The van der Waals surface area contributed by atoms with Gasteiger partial charge in [-0.25, -0.2) is 0 Å². The number of hydrogen-bond donors (Lipinski definition) is 0. The second-order valence-corrected chi connectivity index (χ2v) is 10.2. The van der Waals surface area contributed by atoms with Gasteiger partial charge in [0.25, 0.3) is 0 Å². The van der Waals surface area contributed by atoms with E-state index in [2.05, 4.69) is 4.90 Å². The van der Waals surface area contributed by atoms with E-state index in [0.29, 0.717) is 57.7 Å². The SMILES string of the molecule is CCOC(=O)C1CCN([C@H]2CCO[C@H](O[C@H](C)c3cc(C(F)(F)F)cc(C(F)(F)F)c3)[C@H]2c2ccccc2)CC1. The van der Waals surface area contributed by atoms with Crippen molar-refractivity contribution in [2.75, 3.05) is 26.3 Å². The zero-order valence-electron chi connectivity index (χ0n) is 22.3. The molecule has 0 aromatic heterocycles. The second-order valence-electron chi connectivity index (χ2n) is 10.2. The van der Waals surface area contributed by atoms with Gasteiger partial charge in [-0.2, -0.15) is 26.3 Å². The summed E-state index contributed by atoms with van der Waals surface area (Å²) in [6.07, 6.45) is -10.0. The normalized spacial score (nSPS) is 24.1. The fourth-order valence-electron chi connectivity index (χ4n) is 5.58. The molecule has 2 aromatic carbocycles. The maximum Gasteiger partial charge on any atom is 0.416 e. The van der Waals surface area contributed by atoms with E-state index < -0.39 is 35.9 Å². The number of piperidine rings is 1. The van der Waals surface area contributed by atoms with Crippen LogP contribution in [-0.4, -0.2) is 49.5 Å². The Morgan fingerprint density at radius 1 is 0.975 bits per heavy atom. The Labute approximate surface area is 229 Å². The van der Waals surface area contributed by atoms with Gasteiger partial charge in [-0.1, -0.05) is 30.3 Å². The first-order valence-corrected chi connectivity index (χ1v) is 13.4. The summed E-state index contributed by atoms with van der Waals surface area (Å²) in [7, 11) is 0. The standard InChI is InChI=1S/C29H33F6NO4/c1-3-38-26(37)20-9-12-36(13-10-20)24-11-14-39-27(25(24)19-7-5-4-6-8-19)40-18(2)21-15-22(28(30,31)32)17-23(16-21)29(33,34)35/h4-8,15-18,20,24-25,27H,3,9-14H2,1-2H3/t18-,24+,25+,27-/m1/s1. The largest absolute Gasteiger partial charge is 0.466 e. The minimum absolute atomic E-state index is 0.0660. The quantitative estimate of drug-likeness (QED) is 0.264. The molecule has 2 aliphatic rings. The van der Waals surface area contributed by atoms with Crippen LogP contribution in [0.25, 0.3) is 0 Å². The molecule has 0 amide bonds. The molecule has 11 heteroatoms. The van der Waals surface area contributed by atoms with Gasteiger partial charge in [-0.05, 0) is 75.5 Å². The molecule has 2 saturated heterocycles. The number of hydrogen-bond acceptors (Lipinski definition) is 5. The number of likely N-dealkylation sites (tertiary alicyclic amines) is 1. The molecule has 0 radical (unpaired) electrons. The number of halogens is 6. The van der Waals surface area contributed by atoms with Gasteiger partial charge in [0.15, 0.2) is 6.29 Å². The molecule has 2 fully saturated rings. The van der Waals surface area contributed by atoms with E-state index in [-0.39, 0.29) is 35.5 Å².